The topological polar surface area (TPSA) is 115 Å². The molecule has 9 heteroatoms. The van der Waals surface area contributed by atoms with Gasteiger partial charge in [-0.05, 0) is 42.8 Å². The number of methoxy groups -OCH3 is 1. The first-order chi connectivity index (χ1) is 17.0. The average molecular weight is 467 g/mol. The van der Waals surface area contributed by atoms with Crippen LogP contribution < -0.4 is 15.6 Å². The molecule has 0 atom stereocenters. The summed E-state index contributed by atoms with van der Waals surface area (Å²) in [6, 6.07) is 20.1. The normalized spacial score (nSPS) is 10.9. The number of H-pyrrole nitrogens is 1. The highest BCUT2D eigenvalue weighted by molar-refractivity contribution is 6.03. The molecule has 0 unspecified atom stereocenters. The predicted octanol–water partition coefficient (Wildman–Crippen LogP) is 3.66. The van der Waals surface area contributed by atoms with Gasteiger partial charge >= 0.3 is 0 Å². The molecule has 3 heterocycles. The second kappa shape index (κ2) is 9.22. The van der Waals surface area contributed by atoms with Gasteiger partial charge in [-0.25, -0.2) is 14.6 Å². The lowest BCUT2D eigenvalue weighted by atomic mass is 10.1. The molecule has 0 aliphatic heterocycles. The van der Waals surface area contributed by atoms with Crippen molar-refractivity contribution >= 4 is 22.6 Å². The van der Waals surface area contributed by atoms with Gasteiger partial charge in [-0.1, -0.05) is 30.3 Å². The number of hydrogen-bond acceptors (Lipinski definition) is 6. The third-order valence-corrected chi connectivity index (χ3v) is 5.52. The molecule has 0 saturated heterocycles. The van der Waals surface area contributed by atoms with E-state index in [0.29, 0.717) is 23.6 Å². The van der Waals surface area contributed by atoms with Crippen molar-refractivity contribution in [1.29, 1.82) is 0 Å². The Morgan fingerprint density at radius 2 is 1.86 bits per heavy atom. The second-order valence-electron chi connectivity index (χ2n) is 7.98. The molecule has 5 rings (SSSR count). The Labute approximate surface area is 200 Å². The molecule has 174 valence electrons. The lowest BCUT2D eigenvalue weighted by molar-refractivity contribution is 0.102. The fourth-order valence-corrected chi connectivity index (χ4v) is 3.80. The summed E-state index contributed by atoms with van der Waals surface area (Å²) in [7, 11) is 1.60. The van der Waals surface area contributed by atoms with Gasteiger partial charge in [0, 0.05) is 17.9 Å². The molecule has 0 fully saturated rings. The van der Waals surface area contributed by atoms with E-state index in [4.69, 9.17) is 4.74 Å². The minimum atomic E-state index is -0.499. The highest BCUT2D eigenvalue weighted by Gasteiger charge is 2.15. The van der Waals surface area contributed by atoms with E-state index in [-0.39, 0.29) is 5.69 Å². The SMILES string of the molecule is COc1ccc(Cc2nc(C(=O)Nc3cnc4c(c3)c(C)nn4-c3ccccc3)cc(=O)[nH]2)cc1. The van der Waals surface area contributed by atoms with Crippen molar-refractivity contribution in [3.05, 3.63) is 106 Å². The fourth-order valence-electron chi connectivity index (χ4n) is 3.80. The molecular weight excluding hydrogens is 444 g/mol. The third-order valence-electron chi connectivity index (χ3n) is 5.52. The molecular formula is C26H22N6O3. The number of carbonyl (C=O) groups is 1. The van der Waals surface area contributed by atoms with Gasteiger partial charge in [0.25, 0.3) is 11.5 Å². The first-order valence-corrected chi connectivity index (χ1v) is 11.0. The Balaban J connectivity index is 1.38. The molecule has 2 aromatic carbocycles. The average Bonchev–Trinajstić information content (AvgIpc) is 3.20. The largest absolute Gasteiger partial charge is 0.497 e. The summed E-state index contributed by atoms with van der Waals surface area (Å²) in [5, 5.41) is 8.19. The van der Waals surface area contributed by atoms with Gasteiger partial charge in [0.15, 0.2) is 5.65 Å². The number of benzene rings is 2. The highest BCUT2D eigenvalue weighted by Crippen LogP contribution is 2.23. The van der Waals surface area contributed by atoms with E-state index >= 15 is 0 Å². The van der Waals surface area contributed by atoms with E-state index in [1.807, 2.05) is 67.6 Å². The number of carbonyl (C=O) groups excluding carboxylic acids is 1. The Kier molecular flexibility index (Phi) is 5.80. The van der Waals surface area contributed by atoms with Crippen LogP contribution in [0.3, 0.4) is 0 Å². The molecule has 9 nitrogen and oxygen atoms in total. The van der Waals surface area contributed by atoms with E-state index in [0.717, 1.165) is 28.1 Å². The summed E-state index contributed by atoms with van der Waals surface area (Å²) in [5.74, 6) is 0.626. The van der Waals surface area contributed by atoms with Crippen molar-refractivity contribution in [2.75, 3.05) is 12.4 Å². The molecule has 35 heavy (non-hydrogen) atoms. The summed E-state index contributed by atoms with van der Waals surface area (Å²) in [5.41, 5.74) is 3.39. The monoisotopic (exact) mass is 466 g/mol. The van der Waals surface area contributed by atoms with Crippen LogP contribution >= 0.6 is 0 Å². The molecule has 0 saturated carbocycles. The number of pyridine rings is 1. The van der Waals surface area contributed by atoms with Crippen LogP contribution in [0.25, 0.3) is 16.7 Å². The van der Waals surface area contributed by atoms with Crippen LogP contribution in [0.5, 0.6) is 5.75 Å². The zero-order chi connectivity index (χ0) is 24.4. The zero-order valence-corrected chi connectivity index (χ0v) is 19.1. The Morgan fingerprint density at radius 1 is 1.09 bits per heavy atom. The fraction of sp³-hybridized carbons (Fsp3) is 0.115. The number of aryl methyl sites for hydroxylation is 1. The second-order valence-corrected chi connectivity index (χ2v) is 7.98. The highest BCUT2D eigenvalue weighted by atomic mass is 16.5. The van der Waals surface area contributed by atoms with Crippen molar-refractivity contribution in [2.24, 2.45) is 0 Å². The Hall–Kier alpha value is -4.79. The van der Waals surface area contributed by atoms with Crippen molar-refractivity contribution < 1.29 is 9.53 Å². The van der Waals surface area contributed by atoms with Crippen molar-refractivity contribution in [3.8, 4) is 11.4 Å². The minimum absolute atomic E-state index is 0.0223. The van der Waals surface area contributed by atoms with Gasteiger partial charge in [-0.15, -0.1) is 0 Å². The Morgan fingerprint density at radius 3 is 2.60 bits per heavy atom. The predicted molar refractivity (Wildman–Crippen MR) is 132 cm³/mol. The van der Waals surface area contributed by atoms with Crippen molar-refractivity contribution in [3.63, 3.8) is 0 Å². The van der Waals surface area contributed by atoms with Crippen LogP contribution in [0.4, 0.5) is 5.69 Å². The number of fused-ring (bicyclic) bond motifs is 1. The van der Waals surface area contributed by atoms with Crippen LogP contribution in [-0.2, 0) is 6.42 Å². The molecule has 0 aliphatic carbocycles. The van der Waals surface area contributed by atoms with Gasteiger partial charge in [0.2, 0.25) is 0 Å². The van der Waals surface area contributed by atoms with Gasteiger partial charge < -0.3 is 15.0 Å². The quantitative estimate of drug-likeness (QED) is 0.395. The van der Waals surface area contributed by atoms with Gasteiger partial charge in [0.1, 0.15) is 17.3 Å². The van der Waals surface area contributed by atoms with Gasteiger partial charge in [-0.2, -0.15) is 5.10 Å². The summed E-state index contributed by atoms with van der Waals surface area (Å²) < 4.78 is 6.93. The van der Waals surface area contributed by atoms with Crippen LogP contribution in [0.15, 0.2) is 77.7 Å². The lowest BCUT2D eigenvalue weighted by Gasteiger charge is -2.07. The standard InChI is InChI=1S/C26H22N6O3/c1-16-21-13-18(15-27-25(21)32(31-16)19-6-4-3-5-7-19)28-26(34)22-14-24(33)30-23(29-22)12-17-8-10-20(35-2)11-9-17/h3-11,13-15H,12H2,1-2H3,(H,28,34)(H,29,30,33). The smallest absolute Gasteiger partial charge is 0.274 e. The maximum atomic E-state index is 12.9. The van der Waals surface area contributed by atoms with Crippen LogP contribution in [0, 0.1) is 6.92 Å². The number of rotatable bonds is 6. The number of aromatic amines is 1. The van der Waals surface area contributed by atoms with Crippen LogP contribution in [0.2, 0.25) is 0 Å². The molecule has 0 radical (unpaired) electrons. The number of nitrogens with one attached hydrogen (secondary N) is 2. The molecule has 3 aromatic heterocycles. The number of para-hydroxylation sites is 1. The first-order valence-electron chi connectivity index (χ1n) is 11.0. The number of ether oxygens (including phenoxy) is 1. The molecule has 1 amide bonds. The number of amides is 1. The van der Waals surface area contributed by atoms with E-state index in [1.165, 1.54) is 6.07 Å². The number of aromatic nitrogens is 5. The summed E-state index contributed by atoms with van der Waals surface area (Å²) in [6.45, 7) is 1.89. The number of nitrogens with zero attached hydrogens (tertiary/aromatic N) is 4. The van der Waals surface area contributed by atoms with E-state index in [1.54, 1.807) is 18.0 Å². The Bertz CT molecular complexity index is 1570. The molecule has 5 aromatic rings. The van der Waals surface area contributed by atoms with E-state index in [9.17, 15) is 9.59 Å². The van der Waals surface area contributed by atoms with Gasteiger partial charge in [-0.3, -0.25) is 9.59 Å². The van der Waals surface area contributed by atoms with E-state index < -0.39 is 11.5 Å². The lowest BCUT2D eigenvalue weighted by Crippen LogP contribution is -2.20. The molecule has 0 aliphatic rings. The number of hydrogen-bond donors (Lipinski definition) is 2. The van der Waals surface area contributed by atoms with Crippen molar-refractivity contribution in [1.82, 2.24) is 24.7 Å². The molecule has 0 bridgehead atoms. The van der Waals surface area contributed by atoms with Crippen molar-refractivity contribution in [2.45, 2.75) is 13.3 Å². The summed E-state index contributed by atoms with van der Waals surface area (Å²) in [6.07, 6.45) is 1.93. The summed E-state index contributed by atoms with van der Waals surface area (Å²) in [4.78, 5) is 36.7. The van der Waals surface area contributed by atoms with Crippen LogP contribution in [0.1, 0.15) is 27.6 Å². The maximum Gasteiger partial charge on any atom is 0.274 e. The zero-order valence-electron chi connectivity index (χ0n) is 19.1. The van der Waals surface area contributed by atoms with Gasteiger partial charge in [0.05, 0.1) is 30.4 Å². The maximum absolute atomic E-state index is 12.9. The first kappa shape index (κ1) is 22.0. The van der Waals surface area contributed by atoms with Crippen LogP contribution in [-0.4, -0.2) is 37.7 Å². The minimum Gasteiger partial charge on any atom is -0.497 e. The summed E-state index contributed by atoms with van der Waals surface area (Å²) >= 11 is 0. The molecule has 0 spiro atoms. The van der Waals surface area contributed by atoms with E-state index in [2.05, 4.69) is 25.4 Å². The number of anilines is 1. The molecule has 2 N–H and O–H groups in total. The third kappa shape index (κ3) is 4.65.